The number of hydrogen-bond acceptors (Lipinski definition) is 4. The van der Waals surface area contributed by atoms with Crippen molar-refractivity contribution in [1.29, 1.82) is 0 Å². The Labute approximate surface area is 84.5 Å². The van der Waals surface area contributed by atoms with Gasteiger partial charge in [0.15, 0.2) is 5.79 Å². The molecule has 0 radical (unpaired) electrons. The minimum atomic E-state index is -0.427. The Bertz CT molecular complexity index is 179. The minimum Gasteiger partial charge on any atom is -0.468 e. The van der Waals surface area contributed by atoms with Crippen LogP contribution in [0.2, 0.25) is 0 Å². The van der Waals surface area contributed by atoms with Gasteiger partial charge in [0.05, 0.1) is 19.3 Å². The van der Waals surface area contributed by atoms with Crippen molar-refractivity contribution < 1.29 is 19.0 Å². The summed E-state index contributed by atoms with van der Waals surface area (Å²) in [6.07, 6.45) is 3.05. The van der Waals surface area contributed by atoms with Gasteiger partial charge in [-0.15, -0.1) is 0 Å². The molecular weight excluding hydrogens is 184 g/mol. The molecule has 1 fully saturated rings. The summed E-state index contributed by atoms with van der Waals surface area (Å²) in [4.78, 5) is 9.84. The maximum Gasteiger partial charge on any atom is 0.293 e. The second kappa shape index (κ2) is 5.32. The predicted octanol–water partition coefficient (Wildman–Crippen LogP) is 1.48. The molecule has 82 valence electrons. The molecule has 0 saturated carbocycles. The van der Waals surface area contributed by atoms with Crippen LogP contribution in [0.3, 0.4) is 0 Å². The number of hydrogen-bond donors (Lipinski definition) is 0. The van der Waals surface area contributed by atoms with Crippen molar-refractivity contribution in [2.24, 2.45) is 0 Å². The SMILES string of the molecule is CC1(C)OC[C@H](CCCCOC=O)O1. The number of carbonyl (C=O) groups excluding carboxylic acids is 1. The minimum absolute atomic E-state index is 0.196. The average Bonchev–Trinajstić information content (AvgIpc) is 2.45. The van der Waals surface area contributed by atoms with E-state index >= 15 is 0 Å². The number of ether oxygens (including phenoxy) is 3. The van der Waals surface area contributed by atoms with Crippen molar-refractivity contribution in [2.45, 2.75) is 45.0 Å². The van der Waals surface area contributed by atoms with Crippen molar-refractivity contribution in [3.05, 3.63) is 0 Å². The van der Waals surface area contributed by atoms with Gasteiger partial charge in [-0.2, -0.15) is 0 Å². The lowest BCUT2D eigenvalue weighted by molar-refractivity contribution is -0.139. The fourth-order valence-corrected chi connectivity index (χ4v) is 1.51. The first-order valence-electron chi connectivity index (χ1n) is 5.01. The average molecular weight is 202 g/mol. The molecule has 0 bridgehead atoms. The predicted molar refractivity (Wildman–Crippen MR) is 50.8 cm³/mol. The first-order chi connectivity index (χ1) is 6.64. The fraction of sp³-hybridized carbons (Fsp3) is 0.900. The first kappa shape index (κ1) is 11.5. The van der Waals surface area contributed by atoms with Crippen molar-refractivity contribution in [3.8, 4) is 0 Å². The summed E-state index contributed by atoms with van der Waals surface area (Å²) in [5.41, 5.74) is 0. The van der Waals surface area contributed by atoms with Gasteiger partial charge < -0.3 is 14.2 Å². The molecule has 0 spiro atoms. The number of carbonyl (C=O) groups is 1. The van der Waals surface area contributed by atoms with Gasteiger partial charge >= 0.3 is 0 Å². The zero-order chi connectivity index (χ0) is 10.4. The second-order valence-corrected chi connectivity index (χ2v) is 3.91. The summed E-state index contributed by atoms with van der Waals surface area (Å²) >= 11 is 0. The van der Waals surface area contributed by atoms with Gasteiger partial charge in [0.2, 0.25) is 0 Å². The zero-order valence-electron chi connectivity index (χ0n) is 8.82. The molecule has 1 aliphatic rings. The van der Waals surface area contributed by atoms with Crippen LogP contribution in [0.25, 0.3) is 0 Å². The van der Waals surface area contributed by atoms with Crippen molar-refractivity contribution in [3.63, 3.8) is 0 Å². The second-order valence-electron chi connectivity index (χ2n) is 3.91. The molecule has 0 amide bonds. The Morgan fingerprint density at radius 3 is 2.86 bits per heavy atom. The lowest BCUT2D eigenvalue weighted by atomic mass is 10.2. The van der Waals surface area contributed by atoms with Crippen LogP contribution in [0, 0.1) is 0 Å². The molecule has 0 aromatic carbocycles. The van der Waals surface area contributed by atoms with Crippen LogP contribution in [0.1, 0.15) is 33.1 Å². The highest BCUT2D eigenvalue weighted by Crippen LogP contribution is 2.24. The van der Waals surface area contributed by atoms with Crippen molar-refractivity contribution in [1.82, 2.24) is 0 Å². The molecule has 4 nitrogen and oxygen atoms in total. The summed E-state index contributed by atoms with van der Waals surface area (Å²) in [5.74, 6) is -0.427. The van der Waals surface area contributed by atoms with Crippen LogP contribution < -0.4 is 0 Å². The summed E-state index contributed by atoms with van der Waals surface area (Å²) in [6, 6.07) is 0. The molecule has 1 heterocycles. The lowest BCUT2D eigenvalue weighted by Gasteiger charge is -2.16. The third kappa shape index (κ3) is 4.07. The Kier molecular flexibility index (Phi) is 4.35. The topological polar surface area (TPSA) is 44.8 Å². The standard InChI is InChI=1S/C10H18O4/c1-10(2)13-7-9(14-10)5-3-4-6-12-8-11/h8-9H,3-7H2,1-2H3/t9-/m0/s1. The van der Waals surface area contributed by atoms with Gasteiger partial charge in [-0.1, -0.05) is 0 Å². The van der Waals surface area contributed by atoms with Gasteiger partial charge in [-0.25, -0.2) is 0 Å². The smallest absolute Gasteiger partial charge is 0.293 e. The van der Waals surface area contributed by atoms with Gasteiger partial charge in [-0.3, -0.25) is 4.79 Å². The van der Waals surface area contributed by atoms with Crippen LogP contribution in [-0.2, 0) is 19.0 Å². The third-order valence-corrected chi connectivity index (χ3v) is 2.17. The molecule has 0 aromatic rings. The highest BCUT2D eigenvalue weighted by molar-refractivity contribution is 5.36. The molecule has 1 atom stereocenters. The van der Waals surface area contributed by atoms with E-state index in [1.54, 1.807) is 0 Å². The van der Waals surface area contributed by atoms with Gasteiger partial charge in [0, 0.05) is 0 Å². The van der Waals surface area contributed by atoms with E-state index in [0.717, 1.165) is 19.3 Å². The molecular formula is C10H18O4. The highest BCUT2D eigenvalue weighted by Gasteiger charge is 2.31. The van der Waals surface area contributed by atoms with E-state index < -0.39 is 5.79 Å². The molecule has 4 heteroatoms. The molecule has 1 rings (SSSR count). The summed E-state index contributed by atoms with van der Waals surface area (Å²) < 4.78 is 15.6. The highest BCUT2D eigenvalue weighted by atomic mass is 16.7. The lowest BCUT2D eigenvalue weighted by Crippen LogP contribution is -2.21. The summed E-state index contributed by atoms with van der Waals surface area (Å²) in [6.45, 7) is 5.49. The largest absolute Gasteiger partial charge is 0.468 e. The normalized spacial score (nSPS) is 24.9. The molecule has 0 N–H and O–H groups in total. The van der Waals surface area contributed by atoms with Gasteiger partial charge in [0.1, 0.15) is 0 Å². The fourth-order valence-electron chi connectivity index (χ4n) is 1.51. The summed E-state index contributed by atoms with van der Waals surface area (Å²) in [7, 11) is 0. The molecule has 1 aliphatic heterocycles. The van der Waals surface area contributed by atoms with E-state index in [4.69, 9.17) is 9.47 Å². The van der Waals surface area contributed by atoms with Crippen LogP contribution in [0.5, 0.6) is 0 Å². The monoisotopic (exact) mass is 202 g/mol. The Hall–Kier alpha value is -0.610. The van der Waals surface area contributed by atoms with E-state index in [1.165, 1.54) is 0 Å². The molecule has 0 aliphatic carbocycles. The zero-order valence-corrected chi connectivity index (χ0v) is 8.82. The molecule has 0 aromatic heterocycles. The third-order valence-electron chi connectivity index (χ3n) is 2.17. The Morgan fingerprint density at radius 2 is 2.29 bits per heavy atom. The molecule has 14 heavy (non-hydrogen) atoms. The van der Waals surface area contributed by atoms with Crippen molar-refractivity contribution >= 4 is 6.47 Å². The van der Waals surface area contributed by atoms with E-state index in [2.05, 4.69) is 4.74 Å². The quantitative estimate of drug-likeness (QED) is 0.483. The van der Waals surface area contributed by atoms with E-state index in [-0.39, 0.29) is 6.10 Å². The van der Waals surface area contributed by atoms with E-state index in [9.17, 15) is 4.79 Å². The molecule has 0 unspecified atom stereocenters. The number of unbranched alkanes of at least 4 members (excludes halogenated alkanes) is 1. The summed E-state index contributed by atoms with van der Waals surface area (Å²) in [5, 5.41) is 0. The van der Waals surface area contributed by atoms with E-state index in [1.807, 2.05) is 13.8 Å². The Morgan fingerprint density at radius 1 is 1.50 bits per heavy atom. The molecule has 1 saturated heterocycles. The number of rotatable bonds is 6. The van der Waals surface area contributed by atoms with Crippen LogP contribution in [0.4, 0.5) is 0 Å². The van der Waals surface area contributed by atoms with Gasteiger partial charge in [-0.05, 0) is 33.1 Å². The maximum absolute atomic E-state index is 9.84. The Balaban J connectivity index is 2.00. The maximum atomic E-state index is 9.84. The van der Waals surface area contributed by atoms with Gasteiger partial charge in [0.25, 0.3) is 6.47 Å². The first-order valence-corrected chi connectivity index (χ1v) is 5.01. The van der Waals surface area contributed by atoms with Crippen molar-refractivity contribution in [2.75, 3.05) is 13.2 Å². The van der Waals surface area contributed by atoms with Crippen LogP contribution >= 0.6 is 0 Å². The van der Waals surface area contributed by atoms with E-state index in [0.29, 0.717) is 19.7 Å². The van der Waals surface area contributed by atoms with Crippen LogP contribution in [-0.4, -0.2) is 31.6 Å². The van der Waals surface area contributed by atoms with Crippen LogP contribution in [0.15, 0.2) is 0 Å².